The van der Waals surface area contributed by atoms with Crippen LogP contribution in [0.25, 0.3) is 0 Å². The van der Waals surface area contributed by atoms with Gasteiger partial charge in [-0.15, -0.1) is 0 Å². The third kappa shape index (κ3) is 3.45. The molecule has 2 heterocycles. The number of ether oxygens (including phenoxy) is 1. The van der Waals surface area contributed by atoms with Crippen LogP contribution >= 0.6 is 0 Å². The molecule has 1 saturated carbocycles. The number of hydrogen-bond donors (Lipinski definition) is 1. The zero-order valence-corrected chi connectivity index (χ0v) is 13.7. The predicted octanol–water partition coefficient (Wildman–Crippen LogP) is 1.40. The first-order chi connectivity index (χ1) is 11.6. The Morgan fingerprint density at radius 1 is 1.42 bits per heavy atom. The quantitative estimate of drug-likeness (QED) is 0.866. The van der Waals surface area contributed by atoms with E-state index in [0.29, 0.717) is 11.8 Å². The lowest BCUT2D eigenvalue weighted by molar-refractivity contribution is -0.124. The Balaban J connectivity index is 1.71. The maximum absolute atomic E-state index is 12.4. The number of amides is 1. The van der Waals surface area contributed by atoms with E-state index in [4.69, 9.17) is 4.74 Å². The standard InChI is InChI=1S/C17H20N4O3/c1-11(21-15(22)8-7-14(20-21)12-5-6-12)16(23)19-10-13-4-3-9-18-17(13)24-2/h3-4,7-9,11-12H,5-6,10H2,1-2H3,(H,19,23). The van der Waals surface area contributed by atoms with Crippen LogP contribution in [0.1, 0.15) is 43.0 Å². The Morgan fingerprint density at radius 3 is 2.92 bits per heavy atom. The zero-order valence-electron chi connectivity index (χ0n) is 13.7. The zero-order chi connectivity index (χ0) is 17.1. The van der Waals surface area contributed by atoms with Crippen LogP contribution in [0.5, 0.6) is 5.88 Å². The average Bonchev–Trinajstić information content (AvgIpc) is 3.44. The van der Waals surface area contributed by atoms with Gasteiger partial charge in [0.05, 0.1) is 12.8 Å². The minimum atomic E-state index is -0.682. The van der Waals surface area contributed by atoms with Crippen molar-refractivity contribution in [1.29, 1.82) is 0 Å². The molecule has 1 fully saturated rings. The van der Waals surface area contributed by atoms with E-state index in [2.05, 4.69) is 15.4 Å². The van der Waals surface area contributed by atoms with Gasteiger partial charge in [0.15, 0.2) is 0 Å². The van der Waals surface area contributed by atoms with Crippen molar-refractivity contribution in [1.82, 2.24) is 20.1 Å². The summed E-state index contributed by atoms with van der Waals surface area (Å²) < 4.78 is 6.41. The molecule has 24 heavy (non-hydrogen) atoms. The lowest BCUT2D eigenvalue weighted by atomic mass is 10.2. The molecule has 1 aliphatic rings. The van der Waals surface area contributed by atoms with Gasteiger partial charge in [0, 0.05) is 30.3 Å². The normalized spacial score (nSPS) is 14.9. The second kappa shape index (κ2) is 6.82. The number of hydrogen-bond acceptors (Lipinski definition) is 5. The summed E-state index contributed by atoms with van der Waals surface area (Å²) in [6, 6.07) is 6.16. The van der Waals surface area contributed by atoms with Crippen molar-refractivity contribution in [3.05, 3.63) is 52.1 Å². The van der Waals surface area contributed by atoms with Crippen LogP contribution in [-0.2, 0) is 11.3 Å². The Hall–Kier alpha value is -2.70. The second-order valence-electron chi connectivity index (χ2n) is 5.88. The van der Waals surface area contributed by atoms with Crippen molar-refractivity contribution < 1.29 is 9.53 Å². The monoisotopic (exact) mass is 328 g/mol. The highest BCUT2D eigenvalue weighted by atomic mass is 16.5. The Labute approximate surface area is 139 Å². The summed E-state index contributed by atoms with van der Waals surface area (Å²) in [6.45, 7) is 1.94. The van der Waals surface area contributed by atoms with Gasteiger partial charge in [-0.3, -0.25) is 9.59 Å². The summed E-state index contributed by atoms with van der Waals surface area (Å²) in [5.41, 5.74) is 1.37. The van der Waals surface area contributed by atoms with Gasteiger partial charge < -0.3 is 10.1 Å². The Kier molecular flexibility index (Phi) is 4.59. The van der Waals surface area contributed by atoms with Crippen LogP contribution in [0.15, 0.2) is 35.3 Å². The number of nitrogens with one attached hydrogen (secondary N) is 1. The summed E-state index contributed by atoms with van der Waals surface area (Å²) >= 11 is 0. The molecule has 2 aromatic heterocycles. The van der Waals surface area contributed by atoms with Crippen LogP contribution in [-0.4, -0.2) is 27.8 Å². The molecule has 126 valence electrons. The molecule has 0 bridgehead atoms. The van der Waals surface area contributed by atoms with E-state index in [1.165, 1.54) is 17.9 Å². The average molecular weight is 328 g/mol. The van der Waals surface area contributed by atoms with Crippen molar-refractivity contribution in [3.8, 4) is 5.88 Å². The number of pyridine rings is 1. The third-order valence-electron chi connectivity index (χ3n) is 4.08. The fourth-order valence-corrected chi connectivity index (χ4v) is 2.50. The van der Waals surface area contributed by atoms with Crippen LogP contribution in [0.2, 0.25) is 0 Å². The van der Waals surface area contributed by atoms with Gasteiger partial charge >= 0.3 is 0 Å². The van der Waals surface area contributed by atoms with E-state index in [1.807, 2.05) is 6.07 Å². The minimum Gasteiger partial charge on any atom is -0.481 e. The largest absolute Gasteiger partial charge is 0.481 e. The predicted molar refractivity (Wildman–Crippen MR) is 87.8 cm³/mol. The number of methoxy groups -OCH3 is 1. The van der Waals surface area contributed by atoms with E-state index < -0.39 is 6.04 Å². The number of aromatic nitrogens is 3. The van der Waals surface area contributed by atoms with Crippen molar-refractivity contribution in [3.63, 3.8) is 0 Å². The first-order valence-electron chi connectivity index (χ1n) is 7.95. The summed E-state index contributed by atoms with van der Waals surface area (Å²) in [5, 5.41) is 7.16. The molecule has 0 aromatic carbocycles. The first kappa shape index (κ1) is 16.2. The van der Waals surface area contributed by atoms with Crippen molar-refractivity contribution in [2.75, 3.05) is 7.11 Å². The molecule has 0 radical (unpaired) electrons. The molecular weight excluding hydrogens is 308 g/mol. The maximum Gasteiger partial charge on any atom is 0.267 e. The molecule has 1 N–H and O–H groups in total. The minimum absolute atomic E-state index is 0.275. The van der Waals surface area contributed by atoms with Crippen molar-refractivity contribution in [2.45, 2.75) is 38.3 Å². The van der Waals surface area contributed by atoms with E-state index in [0.717, 1.165) is 24.1 Å². The molecule has 1 amide bonds. The fraction of sp³-hybridized carbons (Fsp3) is 0.412. The molecule has 0 spiro atoms. The molecule has 7 heteroatoms. The lowest BCUT2D eigenvalue weighted by Crippen LogP contribution is -2.37. The second-order valence-corrected chi connectivity index (χ2v) is 5.88. The molecule has 7 nitrogen and oxygen atoms in total. The highest BCUT2D eigenvalue weighted by molar-refractivity contribution is 5.79. The Morgan fingerprint density at radius 2 is 2.21 bits per heavy atom. The number of rotatable bonds is 6. The Bertz CT molecular complexity index is 798. The van der Waals surface area contributed by atoms with Gasteiger partial charge in [0.1, 0.15) is 6.04 Å². The first-order valence-corrected chi connectivity index (χ1v) is 7.95. The maximum atomic E-state index is 12.4. The lowest BCUT2D eigenvalue weighted by Gasteiger charge is -2.15. The van der Waals surface area contributed by atoms with Crippen LogP contribution in [0.3, 0.4) is 0 Å². The van der Waals surface area contributed by atoms with Gasteiger partial charge in [0.2, 0.25) is 11.8 Å². The van der Waals surface area contributed by atoms with Gasteiger partial charge in [-0.2, -0.15) is 5.10 Å². The molecule has 2 aromatic rings. The van der Waals surface area contributed by atoms with Gasteiger partial charge in [0.25, 0.3) is 5.56 Å². The summed E-state index contributed by atoms with van der Waals surface area (Å²) in [7, 11) is 1.53. The molecule has 0 saturated heterocycles. The van der Waals surface area contributed by atoms with Crippen LogP contribution < -0.4 is 15.6 Å². The van der Waals surface area contributed by atoms with Crippen molar-refractivity contribution in [2.24, 2.45) is 0 Å². The van der Waals surface area contributed by atoms with E-state index in [-0.39, 0.29) is 18.0 Å². The number of carbonyl (C=O) groups is 1. The topological polar surface area (TPSA) is 86.1 Å². The van der Waals surface area contributed by atoms with E-state index in [1.54, 1.807) is 25.3 Å². The van der Waals surface area contributed by atoms with Crippen LogP contribution in [0, 0.1) is 0 Å². The summed E-state index contributed by atoms with van der Waals surface area (Å²) in [5.74, 6) is 0.617. The SMILES string of the molecule is COc1ncccc1CNC(=O)C(C)n1nc(C2CC2)ccc1=O. The van der Waals surface area contributed by atoms with E-state index in [9.17, 15) is 9.59 Å². The molecule has 1 atom stereocenters. The summed E-state index contributed by atoms with van der Waals surface area (Å²) in [6.07, 6.45) is 3.80. The van der Waals surface area contributed by atoms with E-state index >= 15 is 0 Å². The molecule has 0 aliphatic heterocycles. The van der Waals surface area contributed by atoms with Gasteiger partial charge in [-0.05, 0) is 31.9 Å². The highest BCUT2D eigenvalue weighted by Crippen LogP contribution is 2.38. The van der Waals surface area contributed by atoms with Crippen molar-refractivity contribution >= 4 is 5.91 Å². The highest BCUT2D eigenvalue weighted by Gasteiger charge is 2.27. The van der Waals surface area contributed by atoms with Crippen LogP contribution in [0.4, 0.5) is 0 Å². The van der Waals surface area contributed by atoms with Gasteiger partial charge in [-0.1, -0.05) is 6.07 Å². The smallest absolute Gasteiger partial charge is 0.267 e. The van der Waals surface area contributed by atoms with Gasteiger partial charge in [-0.25, -0.2) is 9.67 Å². The molecule has 1 unspecified atom stereocenters. The molecular formula is C17H20N4O3. The summed E-state index contributed by atoms with van der Waals surface area (Å²) in [4.78, 5) is 28.5. The molecule has 3 rings (SSSR count). The number of nitrogens with zero attached hydrogens (tertiary/aromatic N) is 3. The molecule has 1 aliphatic carbocycles. The third-order valence-corrected chi connectivity index (χ3v) is 4.08. The fourth-order valence-electron chi connectivity index (χ4n) is 2.50. The number of carbonyl (C=O) groups excluding carboxylic acids is 1.